The number of hydrogen-bond acceptors (Lipinski definition) is 5. The fourth-order valence-corrected chi connectivity index (χ4v) is 2.39. The largest absolute Gasteiger partial charge is 0.506 e. The van der Waals surface area contributed by atoms with Gasteiger partial charge in [0.25, 0.3) is 5.91 Å². The summed E-state index contributed by atoms with van der Waals surface area (Å²) in [7, 11) is 0. The normalized spacial score (nSPS) is 11.0. The van der Waals surface area contributed by atoms with Gasteiger partial charge in [0.1, 0.15) is 11.4 Å². The monoisotopic (exact) mass is 382 g/mol. The summed E-state index contributed by atoms with van der Waals surface area (Å²) in [4.78, 5) is 23.4. The van der Waals surface area contributed by atoms with Gasteiger partial charge in [-0.1, -0.05) is 19.9 Å². The molecule has 0 aliphatic heterocycles. The quantitative estimate of drug-likeness (QED) is 0.604. The number of rotatable bonds is 8. The van der Waals surface area contributed by atoms with Crippen LogP contribution in [0, 0.1) is 5.92 Å². The van der Waals surface area contributed by atoms with Crippen molar-refractivity contribution < 1.29 is 14.7 Å². The highest BCUT2D eigenvalue weighted by atomic mass is 16.3. The van der Waals surface area contributed by atoms with Gasteiger partial charge in [0.2, 0.25) is 5.91 Å². The summed E-state index contributed by atoms with van der Waals surface area (Å²) >= 11 is 0. The highest BCUT2D eigenvalue weighted by Crippen LogP contribution is 2.29. The van der Waals surface area contributed by atoms with Gasteiger partial charge in [0.05, 0.1) is 5.69 Å². The number of hydrogen-bond donors (Lipinski definition) is 3. The number of amides is 2. The van der Waals surface area contributed by atoms with Gasteiger partial charge < -0.3 is 15.7 Å². The Bertz CT molecular complexity index is 845. The molecule has 2 aromatic carbocycles. The molecule has 0 aliphatic rings. The fraction of sp³-hybridized carbons (Fsp3) is 0.333. The summed E-state index contributed by atoms with van der Waals surface area (Å²) in [6.45, 7) is 6.63. The van der Waals surface area contributed by atoms with Crippen molar-refractivity contribution in [1.82, 2.24) is 10.6 Å². The topological polar surface area (TPSA) is 103 Å². The lowest BCUT2D eigenvalue weighted by atomic mass is 10.1. The third kappa shape index (κ3) is 6.19. The van der Waals surface area contributed by atoms with Crippen molar-refractivity contribution in [3.63, 3.8) is 0 Å². The van der Waals surface area contributed by atoms with Crippen molar-refractivity contribution in [2.24, 2.45) is 16.1 Å². The van der Waals surface area contributed by atoms with Gasteiger partial charge in [-0.2, -0.15) is 5.11 Å². The van der Waals surface area contributed by atoms with Crippen LogP contribution in [0.15, 0.2) is 52.7 Å². The van der Waals surface area contributed by atoms with E-state index in [4.69, 9.17) is 0 Å². The van der Waals surface area contributed by atoms with Crippen LogP contribution in [0.2, 0.25) is 0 Å². The number of aromatic hydroxyl groups is 1. The summed E-state index contributed by atoms with van der Waals surface area (Å²) in [5, 5.41) is 23.8. The van der Waals surface area contributed by atoms with Crippen molar-refractivity contribution in [1.29, 1.82) is 0 Å². The van der Waals surface area contributed by atoms with Gasteiger partial charge in [0, 0.05) is 24.6 Å². The zero-order valence-corrected chi connectivity index (χ0v) is 16.4. The third-order valence-corrected chi connectivity index (χ3v) is 4.02. The number of phenols is 1. The number of phenolic OH excluding ortho intramolecular Hbond substituents is 1. The number of nitrogens with one attached hydrogen (secondary N) is 2. The highest BCUT2D eigenvalue weighted by molar-refractivity contribution is 5.94. The molecule has 0 bridgehead atoms. The maximum absolute atomic E-state index is 11.8. The number of azo groups is 1. The molecular formula is C21H26N4O3. The Kier molecular flexibility index (Phi) is 7.68. The molecule has 7 heteroatoms. The minimum atomic E-state index is -0.138. The van der Waals surface area contributed by atoms with Crippen molar-refractivity contribution in [3.8, 4) is 5.75 Å². The van der Waals surface area contributed by atoms with Crippen molar-refractivity contribution in [2.45, 2.75) is 27.2 Å². The second-order valence-electron chi connectivity index (χ2n) is 6.63. The van der Waals surface area contributed by atoms with E-state index in [0.717, 1.165) is 5.56 Å². The average molecular weight is 382 g/mol. The van der Waals surface area contributed by atoms with E-state index in [2.05, 4.69) is 20.9 Å². The third-order valence-electron chi connectivity index (χ3n) is 4.02. The molecule has 0 aliphatic carbocycles. The predicted molar refractivity (Wildman–Crippen MR) is 108 cm³/mol. The molecular weight excluding hydrogens is 356 g/mol. The van der Waals surface area contributed by atoms with Gasteiger partial charge in [-0.05, 0) is 55.3 Å². The van der Waals surface area contributed by atoms with Crippen molar-refractivity contribution in [3.05, 3.63) is 53.6 Å². The predicted octanol–water partition coefficient (Wildman–Crippen LogP) is 3.87. The molecule has 2 rings (SSSR count). The van der Waals surface area contributed by atoms with Gasteiger partial charge in [0.15, 0.2) is 0 Å². The molecule has 0 unspecified atom stereocenters. The standard InChI is InChI=1S/C21H26N4O3/c1-4-22-21(28)16-6-8-17(9-7-16)24-25-18-13-15(5-10-19(18)26)11-12-23-20(27)14(2)3/h5-10,13-14,26H,4,11-12H2,1-3H3,(H,22,28)(H,23,27)/b25-24+. The van der Waals surface area contributed by atoms with Crippen LogP contribution in [0.5, 0.6) is 5.75 Å². The molecule has 0 heterocycles. The molecule has 0 saturated heterocycles. The van der Waals surface area contributed by atoms with Crippen LogP contribution in [0.4, 0.5) is 11.4 Å². The number of carbonyl (C=O) groups excluding carboxylic acids is 2. The first-order chi connectivity index (χ1) is 13.4. The molecule has 148 valence electrons. The summed E-state index contributed by atoms with van der Waals surface area (Å²) in [5.41, 5.74) is 2.40. The van der Waals surface area contributed by atoms with Crippen molar-refractivity contribution in [2.75, 3.05) is 13.1 Å². The Hall–Kier alpha value is -3.22. The number of benzene rings is 2. The Morgan fingerprint density at radius 2 is 1.75 bits per heavy atom. The maximum Gasteiger partial charge on any atom is 0.251 e. The molecule has 28 heavy (non-hydrogen) atoms. The molecule has 0 spiro atoms. The smallest absolute Gasteiger partial charge is 0.251 e. The molecule has 2 amide bonds. The van der Waals surface area contributed by atoms with E-state index in [1.807, 2.05) is 20.8 Å². The second kappa shape index (κ2) is 10.2. The van der Waals surface area contributed by atoms with E-state index < -0.39 is 0 Å². The lowest BCUT2D eigenvalue weighted by molar-refractivity contribution is -0.123. The molecule has 0 atom stereocenters. The first-order valence-electron chi connectivity index (χ1n) is 9.30. The number of nitrogens with zero attached hydrogens (tertiary/aromatic N) is 2. The maximum atomic E-state index is 11.8. The van der Waals surface area contributed by atoms with Crippen LogP contribution in [0.1, 0.15) is 36.7 Å². The van der Waals surface area contributed by atoms with E-state index in [0.29, 0.717) is 36.4 Å². The minimum absolute atomic E-state index is 0.00903. The van der Waals surface area contributed by atoms with Crippen LogP contribution < -0.4 is 10.6 Å². The Labute approximate surface area is 164 Å². The molecule has 2 aromatic rings. The lowest BCUT2D eigenvalue weighted by Gasteiger charge is -2.08. The molecule has 0 radical (unpaired) electrons. The average Bonchev–Trinajstić information content (AvgIpc) is 2.68. The van der Waals surface area contributed by atoms with Crippen LogP contribution in [0.3, 0.4) is 0 Å². The van der Waals surface area contributed by atoms with Crippen molar-refractivity contribution >= 4 is 23.2 Å². The summed E-state index contributed by atoms with van der Waals surface area (Å²) in [5.74, 6) is -0.156. The van der Waals surface area contributed by atoms with E-state index in [1.165, 1.54) is 0 Å². The first kappa shape index (κ1) is 21.1. The van der Waals surface area contributed by atoms with Crippen LogP contribution >= 0.6 is 0 Å². The fourth-order valence-electron chi connectivity index (χ4n) is 2.39. The SMILES string of the molecule is CCNC(=O)c1ccc(/N=N/c2cc(CCNC(=O)C(C)C)ccc2O)cc1. The zero-order valence-electron chi connectivity index (χ0n) is 16.4. The van der Waals surface area contributed by atoms with Crippen LogP contribution in [-0.2, 0) is 11.2 Å². The first-order valence-corrected chi connectivity index (χ1v) is 9.30. The summed E-state index contributed by atoms with van der Waals surface area (Å²) < 4.78 is 0. The molecule has 0 saturated carbocycles. The zero-order chi connectivity index (χ0) is 20.5. The lowest BCUT2D eigenvalue weighted by Crippen LogP contribution is -2.29. The Balaban J connectivity index is 2.02. The number of carbonyl (C=O) groups is 2. The van der Waals surface area contributed by atoms with E-state index in [9.17, 15) is 14.7 Å². The van der Waals surface area contributed by atoms with Gasteiger partial charge >= 0.3 is 0 Å². The molecule has 3 N–H and O–H groups in total. The second-order valence-corrected chi connectivity index (χ2v) is 6.63. The van der Waals surface area contributed by atoms with Gasteiger partial charge in [-0.15, -0.1) is 5.11 Å². The minimum Gasteiger partial charge on any atom is -0.506 e. The Morgan fingerprint density at radius 1 is 1.04 bits per heavy atom. The van der Waals surface area contributed by atoms with E-state index >= 15 is 0 Å². The Morgan fingerprint density at radius 3 is 2.39 bits per heavy atom. The van der Waals surface area contributed by atoms with E-state index in [-0.39, 0.29) is 23.5 Å². The summed E-state index contributed by atoms with van der Waals surface area (Å²) in [6, 6.07) is 11.8. The van der Waals surface area contributed by atoms with Crippen LogP contribution in [-0.4, -0.2) is 30.0 Å². The highest BCUT2D eigenvalue weighted by Gasteiger charge is 2.07. The van der Waals surface area contributed by atoms with Gasteiger partial charge in [-0.3, -0.25) is 9.59 Å². The van der Waals surface area contributed by atoms with Crippen LogP contribution in [0.25, 0.3) is 0 Å². The molecule has 0 fully saturated rings. The van der Waals surface area contributed by atoms with Gasteiger partial charge in [-0.25, -0.2) is 0 Å². The van der Waals surface area contributed by atoms with E-state index in [1.54, 1.807) is 42.5 Å². The molecule has 0 aromatic heterocycles. The summed E-state index contributed by atoms with van der Waals surface area (Å²) in [6.07, 6.45) is 0.627. The molecule has 7 nitrogen and oxygen atoms in total.